The summed E-state index contributed by atoms with van der Waals surface area (Å²) < 4.78 is 8.14. The number of aliphatic hydroxyl groups is 1. The monoisotopic (exact) mass is 329 g/mol. The molecule has 3 rings (SSSR count). The van der Waals surface area contributed by atoms with Gasteiger partial charge in [-0.3, -0.25) is 9.58 Å². The highest BCUT2D eigenvalue weighted by Gasteiger charge is 2.39. The number of hydrogen-bond donors (Lipinski definition) is 1. The van der Waals surface area contributed by atoms with E-state index in [1.807, 2.05) is 43.5 Å². The van der Waals surface area contributed by atoms with Crippen LogP contribution in [0.5, 0.6) is 5.75 Å². The SMILES string of the molecule is CC(C)n1nccc1CN1CC[C@@](C)(O)[C@H](Oc2ccccc2)C1. The van der Waals surface area contributed by atoms with E-state index in [9.17, 15) is 5.11 Å². The summed E-state index contributed by atoms with van der Waals surface area (Å²) in [6, 6.07) is 12.1. The van der Waals surface area contributed by atoms with E-state index in [0.717, 1.165) is 18.8 Å². The fraction of sp³-hybridized carbons (Fsp3) is 0.526. The Bertz CT molecular complexity index is 652. The molecule has 1 aromatic heterocycles. The summed E-state index contributed by atoms with van der Waals surface area (Å²) in [6.07, 6.45) is 2.30. The van der Waals surface area contributed by atoms with E-state index >= 15 is 0 Å². The molecule has 0 bridgehead atoms. The maximum atomic E-state index is 10.7. The van der Waals surface area contributed by atoms with E-state index < -0.39 is 5.60 Å². The van der Waals surface area contributed by atoms with Crippen LogP contribution in [0.1, 0.15) is 38.9 Å². The molecule has 1 aromatic carbocycles. The minimum Gasteiger partial charge on any atom is -0.486 e. The predicted molar refractivity (Wildman–Crippen MR) is 94.0 cm³/mol. The summed E-state index contributed by atoms with van der Waals surface area (Å²) >= 11 is 0. The van der Waals surface area contributed by atoms with Crippen LogP contribution in [0.25, 0.3) is 0 Å². The lowest BCUT2D eigenvalue weighted by molar-refractivity contribution is -0.0968. The molecule has 0 unspecified atom stereocenters. The van der Waals surface area contributed by atoms with Crippen LogP contribution in [0.2, 0.25) is 0 Å². The van der Waals surface area contributed by atoms with Gasteiger partial charge in [0.25, 0.3) is 0 Å². The quantitative estimate of drug-likeness (QED) is 0.916. The first-order chi connectivity index (χ1) is 11.5. The van der Waals surface area contributed by atoms with E-state index in [-0.39, 0.29) is 6.10 Å². The van der Waals surface area contributed by atoms with Crippen molar-refractivity contribution in [1.29, 1.82) is 0 Å². The van der Waals surface area contributed by atoms with Crippen molar-refractivity contribution < 1.29 is 9.84 Å². The molecule has 5 heteroatoms. The first-order valence-electron chi connectivity index (χ1n) is 8.64. The van der Waals surface area contributed by atoms with E-state index in [0.29, 0.717) is 19.0 Å². The van der Waals surface area contributed by atoms with Crippen LogP contribution >= 0.6 is 0 Å². The van der Waals surface area contributed by atoms with Crippen molar-refractivity contribution in [3.63, 3.8) is 0 Å². The summed E-state index contributed by atoms with van der Waals surface area (Å²) in [6.45, 7) is 8.52. The zero-order chi connectivity index (χ0) is 17.2. The van der Waals surface area contributed by atoms with Gasteiger partial charge in [-0.15, -0.1) is 0 Å². The lowest BCUT2D eigenvalue weighted by Gasteiger charge is -2.42. The molecular weight excluding hydrogens is 302 g/mol. The zero-order valence-corrected chi connectivity index (χ0v) is 14.7. The number of rotatable bonds is 5. The molecule has 0 spiro atoms. The number of likely N-dealkylation sites (tertiary alicyclic amines) is 1. The maximum absolute atomic E-state index is 10.7. The number of benzene rings is 1. The van der Waals surface area contributed by atoms with Crippen LogP contribution in [0.3, 0.4) is 0 Å². The highest BCUT2D eigenvalue weighted by Crippen LogP contribution is 2.27. The Kier molecular flexibility index (Phi) is 4.92. The van der Waals surface area contributed by atoms with E-state index in [2.05, 4.69) is 34.6 Å². The smallest absolute Gasteiger partial charge is 0.140 e. The van der Waals surface area contributed by atoms with Gasteiger partial charge >= 0.3 is 0 Å². The molecular formula is C19H27N3O2. The van der Waals surface area contributed by atoms with Gasteiger partial charge in [-0.1, -0.05) is 18.2 Å². The van der Waals surface area contributed by atoms with Gasteiger partial charge in [-0.05, 0) is 45.4 Å². The van der Waals surface area contributed by atoms with Gasteiger partial charge in [0.15, 0.2) is 0 Å². The molecule has 1 N–H and O–H groups in total. The second-order valence-electron chi connectivity index (χ2n) is 7.12. The summed E-state index contributed by atoms with van der Waals surface area (Å²) in [7, 11) is 0. The summed E-state index contributed by atoms with van der Waals surface area (Å²) in [5.74, 6) is 0.803. The fourth-order valence-electron chi connectivity index (χ4n) is 3.20. The predicted octanol–water partition coefficient (Wildman–Crippen LogP) is 2.87. The summed E-state index contributed by atoms with van der Waals surface area (Å²) in [5.41, 5.74) is 0.384. The highest BCUT2D eigenvalue weighted by molar-refractivity contribution is 5.22. The van der Waals surface area contributed by atoms with Crippen molar-refractivity contribution in [2.75, 3.05) is 13.1 Å². The fourth-order valence-corrected chi connectivity index (χ4v) is 3.20. The summed E-state index contributed by atoms with van der Waals surface area (Å²) in [5, 5.41) is 15.1. The van der Waals surface area contributed by atoms with Crippen molar-refractivity contribution in [3.8, 4) is 5.75 Å². The van der Waals surface area contributed by atoms with Gasteiger partial charge in [-0.2, -0.15) is 5.10 Å². The molecule has 0 radical (unpaired) electrons. The Labute approximate surface area is 143 Å². The maximum Gasteiger partial charge on any atom is 0.140 e. The first-order valence-corrected chi connectivity index (χ1v) is 8.64. The number of piperidine rings is 1. The Balaban J connectivity index is 1.69. The molecule has 1 aliphatic rings. The lowest BCUT2D eigenvalue weighted by Crippen LogP contribution is -2.56. The molecule has 1 fully saturated rings. The van der Waals surface area contributed by atoms with Gasteiger partial charge in [0.05, 0.1) is 5.69 Å². The van der Waals surface area contributed by atoms with Crippen molar-refractivity contribution in [1.82, 2.24) is 14.7 Å². The van der Waals surface area contributed by atoms with Crippen molar-refractivity contribution in [2.24, 2.45) is 0 Å². The topological polar surface area (TPSA) is 50.5 Å². The third-order valence-electron chi connectivity index (χ3n) is 4.70. The number of aromatic nitrogens is 2. The lowest BCUT2D eigenvalue weighted by atomic mass is 9.90. The second kappa shape index (κ2) is 6.95. The van der Waals surface area contributed by atoms with E-state index in [1.165, 1.54) is 5.69 Å². The normalized spacial score (nSPS) is 25.1. The Morgan fingerprint density at radius 1 is 1.29 bits per heavy atom. The van der Waals surface area contributed by atoms with Gasteiger partial charge in [-0.25, -0.2) is 0 Å². The minimum atomic E-state index is -0.815. The van der Waals surface area contributed by atoms with Crippen molar-refractivity contribution in [2.45, 2.75) is 51.5 Å². The Morgan fingerprint density at radius 3 is 2.75 bits per heavy atom. The van der Waals surface area contributed by atoms with Gasteiger partial charge in [0.1, 0.15) is 17.5 Å². The van der Waals surface area contributed by atoms with Crippen LogP contribution in [0.15, 0.2) is 42.6 Å². The molecule has 0 saturated carbocycles. The van der Waals surface area contributed by atoms with Gasteiger partial charge < -0.3 is 9.84 Å². The Morgan fingerprint density at radius 2 is 2.04 bits per heavy atom. The van der Waals surface area contributed by atoms with Gasteiger partial charge in [0.2, 0.25) is 0 Å². The zero-order valence-electron chi connectivity index (χ0n) is 14.7. The molecule has 0 amide bonds. The number of ether oxygens (including phenoxy) is 1. The van der Waals surface area contributed by atoms with Crippen molar-refractivity contribution >= 4 is 0 Å². The van der Waals surface area contributed by atoms with Gasteiger partial charge in [0, 0.05) is 31.9 Å². The number of nitrogens with zero attached hydrogens (tertiary/aromatic N) is 3. The average Bonchev–Trinajstić information content (AvgIpc) is 3.00. The molecule has 1 aliphatic heterocycles. The van der Waals surface area contributed by atoms with Crippen LogP contribution in [-0.4, -0.2) is 44.6 Å². The van der Waals surface area contributed by atoms with Crippen LogP contribution in [-0.2, 0) is 6.54 Å². The second-order valence-corrected chi connectivity index (χ2v) is 7.12. The van der Waals surface area contributed by atoms with Crippen LogP contribution in [0, 0.1) is 0 Å². The van der Waals surface area contributed by atoms with Crippen LogP contribution < -0.4 is 4.74 Å². The average molecular weight is 329 g/mol. The molecule has 24 heavy (non-hydrogen) atoms. The van der Waals surface area contributed by atoms with E-state index in [1.54, 1.807) is 0 Å². The standard InChI is InChI=1S/C19H27N3O2/c1-15(2)22-16(9-11-20-22)13-21-12-10-19(3,23)18(14-21)24-17-7-5-4-6-8-17/h4-9,11,15,18,23H,10,12-14H2,1-3H3/t18-,19-/m1/s1. The third-order valence-corrected chi connectivity index (χ3v) is 4.70. The van der Waals surface area contributed by atoms with Crippen molar-refractivity contribution in [3.05, 3.63) is 48.3 Å². The molecule has 130 valence electrons. The number of hydrogen-bond acceptors (Lipinski definition) is 4. The number of para-hydroxylation sites is 1. The van der Waals surface area contributed by atoms with Crippen LogP contribution in [0.4, 0.5) is 0 Å². The molecule has 2 atom stereocenters. The third kappa shape index (κ3) is 3.79. The van der Waals surface area contributed by atoms with E-state index in [4.69, 9.17) is 4.74 Å². The summed E-state index contributed by atoms with van der Waals surface area (Å²) in [4.78, 5) is 2.33. The molecule has 2 heterocycles. The highest BCUT2D eigenvalue weighted by atomic mass is 16.5. The first kappa shape index (κ1) is 17.0. The molecule has 2 aromatic rings. The largest absolute Gasteiger partial charge is 0.486 e. The molecule has 1 saturated heterocycles. The minimum absolute atomic E-state index is 0.246. The Hall–Kier alpha value is -1.85. The molecule has 5 nitrogen and oxygen atoms in total. The molecule has 0 aliphatic carbocycles.